The molecule has 6 heteroatoms. The lowest BCUT2D eigenvalue weighted by atomic mass is 10.1. The van der Waals surface area contributed by atoms with Crippen molar-refractivity contribution in [3.8, 4) is 11.5 Å². The molecular formula is C25H29ClN2O3. The van der Waals surface area contributed by atoms with Gasteiger partial charge in [0.1, 0.15) is 11.5 Å². The number of rotatable bonds is 9. The van der Waals surface area contributed by atoms with Crippen molar-refractivity contribution in [1.82, 2.24) is 9.47 Å². The van der Waals surface area contributed by atoms with Crippen LogP contribution in [0.4, 0.5) is 0 Å². The molecule has 0 saturated heterocycles. The van der Waals surface area contributed by atoms with E-state index in [2.05, 4.69) is 30.5 Å². The zero-order valence-electron chi connectivity index (χ0n) is 18.5. The first kappa shape index (κ1) is 22.8. The van der Waals surface area contributed by atoms with Crippen LogP contribution in [-0.4, -0.2) is 36.1 Å². The lowest BCUT2D eigenvalue weighted by Crippen LogP contribution is -2.34. The molecular weight excluding hydrogens is 412 g/mol. The van der Waals surface area contributed by atoms with Gasteiger partial charge >= 0.3 is 0 Å². The summed E-state index contributed by atoms with van der Waals surface area (Å²) in [6.07, 6.45) is 2.03. The largest absolute Gasteiger partial charge is 0.497 e. The summed E-state index contributed by atoms with van der Waals surface area (Å²) in [6, 6.07) is 17.2. The summed E-state index contributed by atoms with van der Waals surface area (Å²) in [6.45, 7) is 6.04. The molecule has 31 heavy (non-hydrogen) atoms. The smallest absolute Gasteiger partial charge is 0.257 e. The van der Waals surface area contributed by atoms with Crippen molar-refractivity contribution >= 4 is 17.5 Å². The Balaban J connectivity index is 1.86. The van der Waals surface area contributed by atoms with Crippen LogP contribution >= 0.6 is 11.6 Å². The summed E-state index contributed by atoms with van der Waals surface area (Å²) in [5.74, 6) is 1.42. The average Bonchev–Trinajstić information content (AvgIpc) is 3.18. The molecule has 0 fully saturated rings. The van der Waals surface area contributed by atoms with Crippen LogP contribution < -0.4 is 9.47 Å². The van der Waals surface area contributed by atoms with E-state index in [0.717, 1.165) is 16.3 Å². The van der Waals surface area contributed by atoms with Crippen molar-refractivity contribution in [1.29, 1.82) is 0 Å². The highest BCUT2D eigenvalue weighted by Gasteiger charge is 2.22. The number of benzene rings is 2. The lowest BCUT2D eigenvalue weighted by Gasteiger charge is -2.26. The van der Waals surface area contributed by atoms with Gasteiger partial charge in [0.2, 0.25) is 0 Å². The number of ether oxygens (including phenoxy) is 2. The van der Waals surface area contributed by atoms with E-state index in [9.17, 15) is 4.79 Å². The fourth-order valence-electron chi connectivity index (χ4n) is 3.58. The first-order chi connectivity index (χ1) is 14.9. The molecule has 0 aliphatic heterocycles. The molecule has 3 rings (SSSR count). The van der Waals surface area contributed by atoms with Crippen LogP contribution in [0.2, 0.25) is 5.02 Å². The number of nitrogens with zero attached hydrogens (tertiary/aromatic N) is 2. The number of hydrogen-bond donors (Lipinski definition) is 0. The molecule has 0 atom stereocenters. The number of amides is 1. The maximum absolute atomic E-state index is 13.5. The van der Waals surface area contributed by atoms with Gasteiger partial charge in [-0.25, -0.2) is 0 Å². The van der Waals surface area contributed by atoms with Gasteiger partial charge in [0.25, 0.3) is 5.91 Å². The molecule has 0 aliphatic carbocycles. The Morgan fingerprint density at radius 3 is 2.55 bits per heavy atom. The fourth-order valence-corrected chi connectivity index (χ4v) is 3.79. The van der Waals surface area contributed by atoms with Gasteiger partial charge in [-0.2, -0.15) is 0 Å². The Morgan fingerprint density at radius 1 is 1.06 bits per heavy atom. The van der Waals surface area contributed by atoms with E-state index < -0.39 is 0 Å². The molecule has 0 N–H and O–H groups in total. The molecule has 0 spiro atoms. The Labute approximate surface area is 189 Å². The summed E-state index contributed by atoms with van der Waals surface area (Å²) in [5.41, 5.74) is 2.70. The van der Waals surface area contributed by atoms with Gasteiger partial charge in [0, 0.05) is 36.1 Å². The Hall–Kier alpha value is -2.92. The normalized spacial score (nSPS) is 10.9. The second-order valence-corrected chi connectivity index (χ2v) is 8.34. The predicted octanol–water partition coefficient (Wildman–Crippen LogP) is 5.51. The molecule has 0 aliphatic rings. The first-order valence-corrected chi connectivity index (χ1v) is 10.7. The number of carbonyl (C=O) groups excluding carboxylic acids is 1. The van der Waals surface area contributed by atoms with E-state index >= 15 is 0 Å². The number of methoxy groups -OCH3 is 2. The predicted molar refractivity (Wildman–Crippen MR) is 124 cm³/mol. The van der Waals surface area contributed by atoms with E-state index in [0.29, 0.717) is 42.6 Å². The highest BCUT2D eigenvalue weighted by molar-refractivity contribution is 6.30. The summed E-state index contributed by atoms with van der Waals surface area (Å²) in [4.78, 5) is 15.4. The van der Waals surface area contributed by atoms with E-state index in [1.54, 1.807) is 32.4 Å². The van der Waals surface area contributed by atoms with Gasteiger partial charge in [0.05, 0.1) is 26.3 Å². The molecule has 164 valence electrons. The zero-order chi connectivity index (χ0) is 22.4. The molecule has 1 amide bonds. The van der Waals surface area contributed by atoms with Crippen LogP contribution in [-0.2, 0) is 13.1 Å². The number of halogens is 1. The third-order valence-electron chi connectivity index (χ3n) is 5.03. The molecule has 1 heterocycles. The topological polar surface area (TPSA) is 43.7 Å². The van der Waals surface area contributed by atoms with Crippen molar-refractivity contribution in [2.75, 3.05) is 20.8 Å². The number of carbonyl (C=O) groups is 1. The molecule has 3 aromatic rings. The van der Waals surface area contributed by atoms with Crippen LogP contribution in [0.3, 0.4) is 0 Å². The third-order valence-corrected chi connectivity index (χ3v) is 5.27. The summed E-state index contributed by atoms with van der Waals surface area (Å²) in [7, 11) is 3.16. The minimum atomic E-state index is -0.0660. The second kappa shape index (κ2) is 10.4. The highest BCUT2D eigenvalue weighted by Crippen LogP contribution is 2.27. The van der Waals surface area contributed by atoms with Crippen LogP contribution in [0.1, 0.15) is 35.5 Å². The quantitative estimate of drug-likeness (QED) is 0.441. The van der Waals surface area contributed by atoms with Crippen LogP contribution in [0.15, 0.2) is 60.8 Å². The minimum absolute atomic E-state index is 0.0660. The van der Waals surface area contributed by atoms with Gasteiger partial charge in [-0.1, -0.05) is 37.6 Å². The molecule has 0 saturated carbocycles. The summed E-state index contributed by atoms with van der Waals surface area (Å²) >= 11 is 6.14. The van der Waals surface area contributed by atoms with Gasteiger partial charge in [-0.3, -0.25) is 4.79 Å². The number of hydrogen-bond acceptors (Lipinski definition) is 3. The first-order valence-electron chi connectivity index (χ1n) is 10.3. The standard InChI is InChI=1S/C25H29ClN2O3/c1-18(2)15-28(25(29)23-11-10-22(30-3)14-24(23)31-4)17-21-9-6-12-27(21)16-19-7-5-8-20(26)13-19/h5-14,18H,15-17H2,1-4H3. The van der Waals surface area contributed by atoms with Crippen molar-refractivity contribution in [2.24, 2.45) is 5.92 Å². The molecule has 0 unspecified atom stereocenters. The van der Waals surface area contributed by atoms with Gasteiger partial charge in [0.15, 0.2) is 0 Å². The Kier molecular flexibility index (Phi) is 7.64. The van der Waals surface area contributed by atoms with Crippen molar-refractivity contribution < 1.29 is 14.3 Å². The maximum atomic E-state index is 13.5. The van der Waals surface area contributed by atoms with Crippen LogP contribution in [0.5, 0.6) is 11.5 Å². The van der Waals surface area contributed by atoms with Crippen LogP contribution in [0, 0.1) is 5.92 Å². The highest BCUT2D eigenvalue weighted by atomic mass is 35.5. The maximum Gasteiger partial charge on any atom is 0.257 e. The van der Waals surface area contributed by atoms with Crippen molar-refractivity contribution in [3.63, 3.8) is 0 Å². The van der Waals surface area contributed by atoms with E-state index in [4.69, 9.17) is 21.1 Å². The van der Waals surface area contributed by atoms with Gasteiger partial charge in [-0.05, 0) is 47.9 Å². The van der Waals surface area contributed by atoms with Gasteiger partial charge in [-0.15, -0.1) is 0 Å². The van der Waals surface area contributed by atoms with E-state index in [1.807, 2.05) is 35.4 Å². The SMILES string of the molecule is COc1ccc(C(=O)N(Cc2cccn2Cc2cccc(Cl)c2)CC(C)C)c(OC)c1. The monoisotopic (exact) mass is 440 g/mol. The second-order valence-electron chi connectivity index (χ2n) is 7.90. The zero-order valence-corrected chi connectivity index (χ0v) is 19.2. The van der Waals surface area contributed by atoms with Crippen molar-refractivity contribution in [3.05, 3.63) is 82.6 Å². The summed E-state index contributed by atoms with van der Waals surface area (Å²) < 4.78 is 12.9. The number of aromatic nitrogens is 1. The molecule has 5 nitrogen and oxygen atoms in total. The van der Waals surface area contributed by atoms with Crippen LogP contribution in [0.25, 0.3) is 0 Å². The fraction of sp³-hybridized carbons (Fsp3) is 0.320. The molecule has 0 bridgehead atoms. The minimum Gasteiger partial charge on any atom is -0.497 e. The van der Waals surface area contributed by atoms with E-state index in [-0.39, 0.29) is 5.91 Å². The average molecular weight is 441 g/mol. The molecule has 2 aromatic carbocycles. The molecule has 0 radical (unpaired) electrons. The third kappa shape index (κ3) is 5.82. The summed E-state index contributed by atoms with van der Waals surface area (Å²) in [5, 5.41) is 0.717. The molecule has 1 aromatic heterocycles. The van der Waals surface area contributed by atoms with Crippen molar-refractivity contribution in [2.45, 2.75) is 26.9 Å². The van der Waals surface area contributed by atoms with Gasteiger partial charge < -0.3 is 18.9 Å². The lowest BCUT2D eigenvalue weighted by molar-refractivity contribution is 0.0715. The Bertz CT molecular complexity index is 1030. The van der Waals surface area contributed by atoms with E-state index in [1.165, 1.54) is 0 Å². The Morgan fingerprint density at radius 2 is 1.87 bits per heavy atom.